The Labute approximate surface area is 142 Å². The van der Waals surface area contributed by atoms with Gasteiger partial charge in [0.05, 0.1) is 6.01 Å². The van der Waals surface area contributed by atoms with Gasteiger partial charge in [0.15, 0.2) is 0 Å². The maximum Gasteiger partial charge on any atom is 0.303 e. The van der Waals surface area contributed by atoms with Crippen molar-refractivity contribution in [3.8, 4) is 0 Å². The van der Waals surface area contributed by atoms with Crippen LogP contribution in [-0.2, 0) is 4.79 Å². The number of hydrogen-bond acceptors (Lipinski definition) is 3. The third kappa shape index (κ3) is 29.3. The monoisotopic (exact) mass is 324 g/mol. The third-order valence-electron chi connectivity index (χ3n) is 3.65. The van der Waals surface area contributed by atoms with Gasteiger partial charge in [-0.2, -0.15) is 0 Å². The number of hydrogen-bond donors (Lipinski definition) is 3. The summed E-state index contributed by atoms with van der Waals surface area (Å²) in [6.07, 6.45) is 21.2. The largest absolute Gasteiger partial charge is 0.481 e. The molecule has 0 unspecified atom stereocenters. The van der Waals surface area contributed by atoms with Crippen molar-refractivity contribution in [3.05, 3.63) is 12.2 Å². The van der Waals surface area contributed by atoms with Crippen molar-refractivity contribution in [2.75, 3.05) is 0 Å². The van der Waals surface area contributed by atoms with E-state index in [1.165, 1.54) is 76.6 Å². The fourth-order valence-corrected chi connectivity index (χ4v) is 2.35. The molecule has 0 radical (unpaired) electrons. The van der Waals surface area contributed by atoms with Gasteiger partial charge in [-0.25, -0.2) is 10.8 Å². The number of carboxylic acids is 1. The van der Waals surface area contributed by atoms with Crippen LogP contribution < -0.4 is 0 Å². The number of rotatable bonds is 15. The maximum atomic E-state index is 10.3. The Hall–Kier alpha value is -1.41. The highest BCUT2D eigenvalue weighted by Crippen LogP contribution is 2.09. The first-order valence-electron chi connectivity index (χ1n) is 9.14. The van der Waals surface area contributed by atoms with Crippen molar-refractivity contribution < 1.29 is 9.90 Å². The molecule has 4 heteroatoms. The number of unbranched alkanes of at least 4 members (excludes halogenated alkanes) is 11. The molecule has 0 aromatic carbocycles. The lowest BCUT2D eigenvalue weighted by Gasteiger charge is -1.99. The lowest BCUT2D eigenvalue weighted by Crippen LogP contribution is -1.93. The summed E-state index contributed by atoms with van der Waals surface area (Å²) in [7, 11) is 0. The zero-order valence-corrected chi connectivity index (χ0v) is 14.9. The van der Waals surface area contributed by atoms with E-state index in [0.717, 1.165) is 12.8 Å². The first kappa shape index (κ1) is 23.9. The molecule has 0 aliphatic heterocycles. The number of carbonyl (C=O) groups is 1. The van der Waals surface area contributed by atoms with E-state index < -0.39 is 5.97 Å². The van der Waals surface area contributed by atoms with Crippen LogP contribution in [0.15, 0.2) is 12.2 Å². The summed E-state index contributed by atoms with van der Waals surface area (Å²) >= 11 is 0. The second-order valence-electron chi connectivity index (χ2n) is 5.85. The molecule has 3 N–H and O–H groups in total. The molecule has 0 aliphatic carbocycles. The van der Waals surface area contributed by atoms with Gasteiger partial charge in [0.1, 0.15) is 0 Å². The van der Waals surface area contributed by atoms with Gasteiger partial charge >= 0.3 is 5.97 Å². The van der Waals surface area contributed by atoms with Crippen LogP contribution in [0.4, 0.5) is 0 Å². The molecule has 0 saturated heterocycles. The Morgan fingerprint density at radius 3 is 1.65 bits per heavy atom. The van der Waals surface area contributed by atoms with Crippen molar-refractivity contribution in [3.63, 3.8) is 0 Å². The molecule has 0 aromatic rings. The molecule has 0 heterocycles. The Balaban J connectivity index is 0. The highest BCUT2D eigenvalue weighted by Gasteiger charge is 1.95. The molecule has 0 fully saturated rings. The molecular weight excluding hydrogens is 288 g/mol. The lowest BCUT2D eigenvalue weighted by molar-refractivity contribution is -0.137. The molecule has 0 bridgehead atoms. The van der Waals surface area contributed by atoms with Gasteiger partial charge in [-0.1, -0.05) is 70.4 Å². The summed E-state index contributed by atoms with van der Waals surface area (Å²) in [4.78, 5) is 10.3. The van der Waals surface area contributed by atoms with Crippen LogP contribution in [0.25, 0.3) is 0 Å². The van der Waals surface area contributed by atoms with Crippen LogP contribution in [-0.4, -0.2) is 17.1 Å². The highest BCUT2D eigenvalue weighted by molar-refractivity contribution is 5.66. The topological polar surface area (TPSA) is 85.0 Å². The lowest BCUT2D eigenvalue weighted by atomic mass is 10.1. The zero-order chi connectivity index (χ0) is 17.6. The van der Waals surface area contributed by atoms with E-state index in [4.69, 9.17) is 15.9 Å². The van der Waals surface area contributed by atoms with E-state index in [0.29, 0.717) is 6.42 Å². The standard InChI is InChI=1S/C18H34O2.CH2N2/c1-2-3-4-5-6-7-8-9-10-11-12-13-14-15-16-17-18(19)20;2-1-3/h9-10H,2-8,11-17H2,1H3,(H,19,20);2-3H. The molecule has 0 amide bonds. The van der Waals surface area contributed by atoms with Crippen LogP contribution in [0.5, 0.6) is 0 Å². The fourth-order valence-electron chi connectivity index (χ4n) is 2.35. The average Bonchev–Trinajstić information content (AvgIpc) is 2.51. The zero-order valence-electron chi connectivity index (χ0n) is 14.9. The Morgan fingerprint density at radius 1 is 0.826 bits per heavy atom. The van der Waals surface area contributed by atoms with Crippen molar-refractivity contribution in [1.29, 1.82) is 10.8 Å². The van der Waals surface area contributed by atoms with Crippen molar-refractivity contribution >= 4 is 12.0 Å². The predicted molar refractivity (Wildman–Crippen MR) is 97.5 cm³/mol. The first-order chi connectivity index (χ1) is 11.2. The van der Waals surface area contributed by atoms with Crippen LogP contribution in [0.1, 0.15) is 96.8 Å². The number of nitrogens with one attached hydrogen (secondary N) is 2. The number of allylic oxidation sites excluding steroid dienone is 2. The Morgan fingerprint density at radius 2 is 1.22 bits per heavy atom. The first-order valence-corrected chi connectivity index (χ1v) is 9.14. The van der Waals surface area contributed by atoms with Gasteiger partial charge in [-0.3, -0.25) is 4.79 Å². The van der Waals surface area contributed by atoms with Crippen molar-refractivity contribution in [1.82, 2.24) is 0 Å². The molecule has 0 rings (SSSR count). The summed E-state index contributed by atoms with van der Waals surface area (Å²) in [5, 5.41) is 19.8. The minimum absolute atomic E-state index is 0.332. The third-order valence-corrected chi connectivity index (χ3v) is 3.65. The van der Waals surface area contributed by atoms with Gasteiger partial charge < -0.3 is 5.11 Å². The molecule has 0 atom stereocenters. The van der Waals surface area contributed by atoms with Gasteiger partial charge in [0.25, 0.3) is 0 Å². The summed E-state index contributed by atoms with van der Waals surface area (Å²) < 4.78 is 0. The van der Waals surface area contributed by atoms with Crippen LogP contribution in [0.3, 0.4) is 0 Å². The van der Waals surface area contributed by atoms with Gasteiger partial charge in [0, 0.05) is 6.42 Å². The highest BCUT2D eigenvalue weighted by atomic mass is 16.4. The minimum Gasteiger partial charge on any atom is -0.481 e. The minimum atomic E-state index is -0.664. The molecule has 0 spiro atoms. The van der Waals surface area contributed by atoms with Gasteiger partial charge in [-0.05, 0) is 32.1 Å². The normalized spacial score (nSPS) is 10.1. The van der Waals surface area contributed by atoms with Crippen LogP contribution in [0, 0.1) is 10.8 Å². The predicted octanol–water partition coefficient (Wildman–Crippen LogP) is 6.43. The van der Waals surface area contributed by atoms with Gasteiger partial charge in [-0.15, -0.1) is 0 Å². The summed E-state index contributed by atoms with van der Waals surface area (Å²) in [5.74, 6) is -0.664. The Kier molecular flexibility index (Phi) is 23.7. The van der Waals surface area contributed by atoms with E-state index in [1.807, 2.05) is 0 Å². The smallest absolute Gasteiger partial charge is 0.303 e. The van der Waals surface area contributed by atoms with E-state index >= 15 is 0 Å². The van der Waals surface area contributed by atoms with E-state index in [9.17, 15) is 4.79 Å². The Bertz CT molecular complexity index is 308. The quantitative estimate of drug-likeness (QED) is 0.184. The number of aliphatic carboxylic acids is 1. The summed E-state index contributed by atoms with van der Waals surface area (Å²) in [6, 6.07) is 1.25. The molecule has 4 nitrogen and oxygen atoms in total. The molecular formula is C19H36N2O2. The molecule has 0 aliphatic rings. The fraction of sp³-hybridized carbons (Fsp3) is 0.789. The molecule has 134 valence electrons. The van der Waals surface area contributed by atoms with Crippen molar-refractivity contribution in [2.24, 2.45) is 0 Å². The summed E-state index contributed by atoms with van der Waals surface area (Å²) in [6.45, 7) is 2.26. The maximum absolute atomic E-state index is 10.3. The van der Waals surface area contributed by atoms with Crippen LogP contribution in [0.2, 0.25) is 0 Å². The van der Waals surface area contributed by atoms with Crippen molar-refractivity contribution in [2.45, 2.75) is 96.8 Å². The average molecular weight is 325 g/mol. The second-order valence-corrected chi connectivity index (χ2v) is 5.85. The molecule has 23 heavy (non-hydrogen) atoms. The second kappa shape index (κ2) is 22.9. The molecule has 0 saturated carbocycles. The molecule has 0 aromatic heterocycles. The van der Waals surface area contributed by atoms with Gasteiger partial charge in [0.2, 0.25) is 0 Å². The summed E-state index contributed by atoms with van der Waals surface area (Å²) in [5.41, 5.74) is 0. The van der Waals surface area contributed by atoms with E-state index in [2.05, 4.69) is 19.1 Å². The number of carboxylic acid groups (broad SMARTS) is 1. The SMILES string of the molecule is CCCCCCCCC=CCCCCCCCC(=O)O.N=C=N. The van der Waals surface area contributed by atoms with E-state index in [-0.39, 0.29) is 0 Å². The van der Waals surface area contributed by atoms with Crippen LogP contribution >= 0.6 is 0 Å². The van der Waals surface area contributed by atoms with E-state index in [1.54, 1.807) is 0 Å².